The molecule has 1 aliphatic rings. The molecule has 106 valence electrons. The average Bonchev–Trinajstić information content (AvgIpc) is 3.09. The molecular weight excluding hydrogens is 256 g/mol. The van der Waals surface area contributed by atoms with Gasteiger partial charge in [-0.05, 0) is 38.5 Å². The van der Waals surface area contributed by atoms with E-state index in [4.69, 9.17) is 14.0 Å². The Morgan fingerprint density at radius 2 is 2.25 bits per heavy atom. The molecular formula is C15H18N2O3. The number of hydrogen-bond donors (Lipinski definition) is 0. The van der Waals surface area contributed by atoms with Crippen LogP contribution in [-0.4, -0.2) is 29.5 Å². The van der Waals surface area contributed by atoms with Crippen LogP contribution in [0.1, 0.15) is 32.0 Å². The van der Waals surface area contributed by atoms with E-state index in [-0.39, 0.29) is 12.0 Å². The van der Waals surface area contributed by atoms with Crippen molar-refractivity contribution >= 4 is 0 Å². The lowest BCUT2D eigenvalue weighted by atomic mass is 10.1. The van der Waals surface area contributed by atoms with Crippen LogP contribution in [0, 0.1) is 0 Å². The molecule has 3 rings (SSSR count). The summed E-state index contributed by atoms with van der Waals surface area (Å²) in [6, 6.07) is 7.71. The van der Waals surface area contributed by atoms with Crippen LogP contribution < -0.4 is 4.74 Å². The summed E-state index contributed by atoms with van der Waals surface area (Å²) >= 11 is 0. The van der Waals surface area contributed by atoms with Gasteiger partial charge in [0.15, 0.2) is 5.82 Å². The Kier molecular flexibility index (Phi) is 3.69. The molecule has 0 bridgehead atoms. The minimum absolute atomic E-state index is 0.138. The van der Waals surface area contributed by atoms with Crippen LogP contribution in [0.2, 0.25) is 0 Å². The van der Waals surface area contributed by atoms with E-state index in [2.05, 4.69) is 10.1 Å². The Balaban J connectivity index is 1.81. The van der Waals surface area contributed by atoms with Crippen LogP contribution >= 0.6 is 0 Å². The lowest BCUT2D eigenvalue weighted by Crippen LogP contribution is -2.05. The molecule has 1 saturated heterocycles. The van der Waals surface area contributed by atoms with Crippen molar-refractivity contribution in [2.75, 3.05) is 13.2 Å². The van der Waals surface area contributed by atoms with Gasteiger partial charge in [0.25, 0.3) is 5.89 Å². The van der Waals surface area contributed by atoms with Crippen LogP contribution in [0.15, 0.2) is 28.8 Å². The SMILES string of the molecule is CC(C)Oc1cccc(-c2nc(C3CCOC3)no2)c1. The van der Waals surface area contributed by atoms with Gasteiger partial charge >= 0.3 is 0 Å². The van der Waals surface area contributed by atoms with Crippen molar-refractivity contribution in [3.05, 3.63) is 30.1 Å². The molecule has 1 fully saturated rings. The second kappa shape index (κ2) is 5.63. The zero-order valence-electron chi connectivity index (χ0n) is 11.7. The first kappa shape index (κ1) is 13.1. The first-order chi connectivity index (χ1) is 9.72. The highest BCUT2D eigenvalue weighted by atomic mass is 16.5. The molecule has 1 atom stereocenters. The molecule has 1 aromatic carbocycles. The number of aromatic nitrogens is 2. The van der Waals surface area contributed by atoms with Gasteiger partial charge in [0.2, 0.25) is 0 Å². The van der Waals surface area contributed by atoms with E-state index in [9.17, 15) is 0 Å². The minimum Gasteiger partial charge on any atom is -0.491 e. The van der Waals surface area contributed by atoms with Gasteiger partial charge in [0, 0.05) is 18.1 Å². The first-order valence-corrected chi connectivity index (χ1v) is 6.91. The lowest BCUT2D eigenvalue weighted by molar-refractivity contribution is 0.192. The molecule has 0 amide bonds. The highest BCUT2D eigenvalue weighted by molar-refractivity contribution is 5.55. The van der Waals surface area contributed by atoms with Gasteiger partial charge in [0.05, 0.1) is 12.7 Å². The van der Waals surface area contributed by atoms with Crippen molar-refractivity contribution in [3.63, 3.8) is 0 Å². The molecule has 1 aromatic heterocycles. The molecule has 5 nitrogen and oxygen atoms in total. The van der Waals surface area contributed by atoms with Gasteiger partial charge in [-0.15, -0.1) is 0 Å². The normalized spacial score (nSPS) is 18.6. The van der Waals surface area contributed by atoms with Crippen molar-refractivity contribution in [3.8, 4) is 17.2 Å². The summed E-state index contributed by atoms with van der Waals surface area (Å²) in [5.41, 5.74) is 0.876. The second-order valence-electron chi connectivity index (χ2n) is 5.21. The molecule has 0 aliphatic carbocycles. The summed E-state index contributed by atoms with van der Waals surface area (Å²) in [4.78, 5) is 4.47. The summed E-state index contributed by atoms with van der Waals surface area (Å²) in [6.45, 7) is 5.44. The third-order valence-corrected chi connectivity index (χ3v) is 3.19. The summed E-state index contributed by atoms with van der Waals surface area (Å²) in [7, 11) is 0. The second-order valence-corrected chi connectivity index (χ2v) is 5.21. The van der Waals surface area contributed by atoms with Gasteiger partial charge in [-0.3, -0.25) is 0 Å². The Morgan fingerprint density at radius 1 is 1.35 bits per heavy atom. The molecule has 0 saturated carbocycles. The quantitative estimate of drug-likeness (QED) is 0.857. The number of ether oxygens (including phenoxy) is 2. The third kappa shape index (κ3) is 2.82. The smallest absolute Gasteiger partial charge is 0.258 e. The molecule has 2 heterocycles. The molecule has 1 unspecified atom stereocenters. The molecule has 1 aliphatic heterocycles. The van der Waals surface area contributed by atoms with Gasteiger partial charge < -0.3 is 14.0 Å². The van der Waals surface area contributed by atoms with Gasteiger partial charge in [-0.25, -0.2) is 0 Å². The Labute approximate surface area is 117 Å². The fourth-order valence-electron chi connectivity index (χ4n) is 2.23. The van der Waals surface area contributed by atoms with Crippen LogP contribution in [0.4, 0.5) is 0 Å². The predicted octanol–water partition coefficient (Wildman–Crippen LogP) is 3.03. The molecule has 0 spiro atoms. The minimum atomic E-state index is 0.138. The van der Waals surface area contributed by atoms with Crippen LogP contribution in [-0.2, 0) is 4.74 Å². The standard InChI is InChI=1S/C15H18N2O3/c1-10(2)19-13-5-3-4-11(8-13)15-16-14(17-20-15)12-6-7-18-9-12/h3-5,8,10,12H,6-7,9H2,1-2H3. The lowest BCUT2D eigenvalue weighted by Gasteiger charge is -2.09. The number of benzene rings is 1. The maximum absolute atomic E-state index is 5.67. The average molecular weight is 274 g/mol. The first-order valence-electron chi connectivity index (χ1n) is 6.91. The number of hydrogen-bond acceptors (Lipinski definition) is 5. The van der Waals surface area contributed by atoms with E-state index >= 15 is 0 Å². The molecule has 5 heteroatoms. The fraction of sp³-hybridized carbons (Fsp3) is 0.467. The fourth-order valence-corrected chi connectivity index (χ4v) is 2.23. The number of nitrogens with zero attached hydrogens (tertiary/aromatic N) is 2. The molecule has 0 N–H and O–H groups in total. The maximum Gasteiger partial charge on any atom is 0.258 e. The van der Waals surface area contributed by atoms with E-state index in [1.165, 1.54) is 0 Å². The van der Waals surface area contributed by atoms with E-state index in [1.807, 2.05) is 38.1 Å². The molecule has 20 heavy (non-hydrogen) atoms. The van der Waals surface area contributed by atoms with Crippen LogP contribution in [0.3, 0.4) is 0 Å². The van der Waals surface area contributed by atoms with Crippen LogP contribution in [0.25, 0.3) is 11.5 Å². The topological polar surface area (TPSA) is 57.4 Å². The van der Waals surface area contributed by atoms with Gasteiger partial charge in [0.1, 0.15) is 5.75 Å². The Hall–Kier alpha value is -1.88. The Morgan fingerprint density at radius 3 is 3.00 bits per heavy atom. The Bertz CT molecular complexity index is 574. The monoisotopic (exact) mass is 274 g/mol. The van der Waals surface area contributed by atoms with Gasteiger partial charge in [-0.1, -0.05) is 11.2 Å². The largest absolute Gasteiger partial charge is 0.491 e. The van der Waals surface area contributed by atoms with Crippen molar-refractivity contribution < 1.29 is 14.0 Å². The summed E-state index contributed by atoms with van der Waals surface area (Å²) in [6.07, 6.45) is 1.09. The van der Waals surface area contributed by atoms with Crippen molar-refractivity contribution in [1.29, 1.82) is 0 Å². The predicted molar refractivity (Wildman–Crippen MR) is 73.7 cm³/mol. The zero-order chi connectivity index (χ0) is 13.9. The van der Waals surface area contributed by atoms with E-state index in [1.54, 1.807) is 0 Å². The highest BCUT2D eigenvalue weighted by Crippen LogP contribution is 2.27. The van der Waals surface area contributed by atoms with E-state index in [0.717, 1.165) is 30.2 Å². The third-order valence-electron chi connectivity index (χ3n) is 3.19. The summed E-state index contributed by atoms with van der Waals surface area (Å²) in [5, 5.41) is 4.06. The number of rotatable bonds is 4. The van der Waals surface area contributed by atoms with E-state index in [0.29, 0.717) is 12.5 Å². The zero-order valence-corrected chi connectivity index (χ0v) is 11.7. The van der Waals surface area contributed by atoms with Crippen molar-refractivity contribution in [2.45, 2.75) is 32.3 Å². The summed E-state index contributed by atoms with van der Waals surface area (Å²) < 4.78 is 16.4. The van der Waals surface area contributed by atoms with E-state index < -0.39 is 0 Å². The van der Waals surface area contributed by atoms with Crippen molar-refractivity contribution in [1.82, 2.24) is 10.1 Å². The molecule has 0 radical (unpaired) electrons. The molecule has 2 aromatic rings. The maximum atomic E-state index is 5.67. The van der Waals surface area contributed by atoms with Crippen LogP contribution in [0.5, 0.6) is 5.75 Å². The van der Waals surface area contributed by atoms with Gasteiger partial charge in [-0.2, -0.15) is 4.98 Å². The summed E-state index contributed by atoms with van der Waals surface area (Å²) in [5.74, 6) is 2.32. The highest BCUT2D eigenvalue weighted by Gasteiger charge is 2.23. The van der Waals surface area contributed by atoms with Crippen molar-refractivity contribution in [2.24, 2.45) is 0 Å².